The molecule has 0 spiro atoms. The summed E-state index contributed by atoms with van der Waals surface area (Å²) in [5.74, 6) is 0.933. The van der Waals surface area contributed by atoms with Crippen molar-refractivity contribution in [1.29, 1.82) is 0 Å². The van der Waals surface area contributed by atoms with Gasteiger partial charge in [0.2, 0.25) is 0 Å². The second-order valence-electron chi connectivity index (χ2n) is 8.63. The molecule has 0 fully saturated rings. The van der Waals surface area contributed by atoms with Crippen LogP contribution in [0, 0.1) is 0 Å². The van der Waals surface area contributed by atoms with Gasteiger partial charge >= 0.3 is 0 Å². The maximum atomic E-state index is 13.7. The number of benzene rings is 2. The van der Waals surface area contributed by atoms with Gasteiger partial charge in [0.25, 0.3) is 11.5 Å². The summed E-state index contributed by atoms with van der Waals surface area (Å²) in [7, 11) is 0. The van der Waals surface area contributed by atoms with E-state index in [4.69, 9.17) is 16.0 Å². The molecule has 0 bridgehead atoms. The maximum Gasteiger partial charge on any atom is 0.271 e. The number of nitrogens with zero attached hydrogens (tertiary/aromatic N) is 2. The van der Waals surface area contributed by atoms with E-state index in [1.54, 1.807) is 22.8 Å². The van der Waals surface area contributed by atoms with E-state index in [2.05, 4.69) is 10.3 Å². The van der Waals surface area contributed by atoms with Crippen LogP contribution in [0.1, 0.15) is 23.6 Å². The van der Waals surface area contributed by atoms with Crippen LogP contribution in [0.2, 0.25) is 5.02 Å². The lowest BCUT2D eigenvalue weighted by Gasteiger charge is -2.24. The summed E-state index contributed by atoms with van der Waals surface area (Å²) in [6.45, 7) is 1.81. The zero-order valence-corrected chi connectivity index (χ0v) is 22.4. The Morgan fingerprint density at radius 2 is 1.84 bits per heavy atom. The monoisotopic (exact) mass is 557 g/mol. The van der Waals surface area contributed by atoms with Gasteiger partial charge in [-0.2, -0.15) is 0 Å². The summed E-state index contributed by atoms with van der Waals surface area (Å²) >= 11 is 8.77. The lowest BCUT2D eigenvalue weighted by molar-refractivity contribution is -0.113. The minimum Gasteiger partial charge on any atom is -0.457 e. The second-order valence-corrected chi connectivity index (χ2v) is 11.1. The molecule has 0 saturated heterocycles. The van der Waals surface area contributed by atoms with Crippen molar-refractivity contribution < 1.29 is 9.21 Å². The van der Waals surface area contributed by atoms with Crippen molar-refractivity contribution in [3.05, 3.63) is 131 Å². The highest BCUT2D eigenvalue weighted by molar-refractivity contribution is 7.10. The Balaban J connectivity index is 1.42. The van der Waals surface area contributed by atoms with Gasteiger partial charge < -0.3 is 9.73 Å². The predicted molar refractivity (Wildman–Crippen MR) is 152 cm³/mol. The SMILES string of the molecule is CC1=C(C(=O)Nc2ccccc2)C(c2cccs2)n2c(s/c(=C\c3ccc(-c4ccc(Cl)cc4)o3)c2=O)=N1. The third-order valence-electron chi connectivity index (χ3n) is 6.14. The fourth-order valence-corrected chi connectivity index (χ4v) is 6.35. The van der Waals surface area contributed by atoms with Crippen LogP contribution in [0.3, 0.4) is 0 Å². The van der Waals surface area contributed by atoms with Crippen LogP contribution < -0.4 is 20.2 Å². The Labute approximate surface area is 230 Å². The topological polar surface area (TPSA) is 76.6 Å². The first-order chi connectivity index (χ1) is 18.5. The van der Waals surface area contributed by atoms with Crippen LogP contribution in [0.15, 0.2) is 110 Å². The number of carbonyl (C=O) groups excluding carboxylic acids is 1. The molecule has 2 aromatic carbocycles. The van der Waals surface area contributed by atoms with E-state index in [1.165, 1.54) is 22.7 Å². The molecule has 0 saturated carbocycles. The zero-order chi connectivity index (χ0) is 26.2. The van der Waals surface area contributed by atoms with Crippen LogP contribution in [0.5, 0.6) is 0 Å². The van der Waals surface area contributed by atoms with Gasteiger partial charge in [-0.1, -0.05) is 47.2 Å². The number of amides is 1. The summed E-state index contributed by atoms with van der Waals surface area (Å²) in [5, 5.41) is 5.54. The van der Waals surface area contributed by atoms with Gasteiger partial charge in [-0.25, -0.2) is 4.99 Å². The molecule has 1 aliphatic rings. The molecule has 6 rings (SSSR count). The summed E-state index contributed by atoms with van der Waals surface area (Å²) in [6, 6.07) is 23.6. The molecule has 1 amide bonds. The van der Waals surface area contributed by atoms with E-state index in [0.29, 0.717) is 42.8 Å². The van der Waals surface area contributed by atoms with Crippen molar-refractivity contribution in [2.24, 2.45) is 4.99 Å². The standard InChI is InChI=1S/C29H20ClN3O3S2/c1-17-25(27(34)32-20-6-3-2-4-7-20)26(23-8-5-15-37-23)33-28(35)24(38-29(33)31-17)16-21-13-14-22(36-21)18-9-11-19(30)12-10-18/h2-16,26H,1H3,(H,32,34)/b24-16-. The average Bonchev–Trinajstić information content (AvgIpc) is 3.66. The molecule has 9 heteroatoms. The van der Waals surface area contributed by atoms with Gasteiger partial charge in [-0.15, -0.1) is 11.3 Å². The Morgan fingerprint density at radius 3 is 2.58 bits per heavy atom. The zero-order valence-electron chi connectivity index (χ0n) is 20.1. The highest BCUT2D eigenvalue weighted by Crippen LogP contribution is 2.33. The smallest absolute Gasteiger partial charge is 0.271 e. The van der Waals surface area contributed by atoms with E-state index in [9.17, 15) is 9.59 Å². The van der Waals surface area contributed by atoms with Crippen LogP contribution in [-0.2, 0) is 4.79 Å². The number of thiazole rings is 1. The highest BCUT2D eigenvalue weighted by atomic mass is 35.5. The van der Waals surface area contributed by atoms with Crippen LogP contribution >= 0.6 is 34.3 Å². The van der Waals surface area contributed by atoms with Gasteiger partial charge in [0, 0.05) is 27.2 Å². The summed E-state index contributed by atoms with van der Waals surface area (Å²) in [4.78, 5) is 33.3. The lowest BCUT2D eigenvalue weighted by atomic mass is 10.0. The number of carbonyl (C=O) groups is 1. The average molecular weight is 558 g/mol. The molecule has 1 atom stereocenters. The molecule has 4 heterocycles. The minimum atomic E-state index is -0.585. The molecular formula is C29H20ClN3O3S2. The Morgan fingerprint density at radius 1 is 1.05 bits per heavy atom. The number of allylic oxidation sites excluding steroid dienone is 1. The van der Waals surface area contributed by atoms with Gasteiger partial charge in [0.15, 0.2) is 4.80 Å². The van der Waals surface area contributed by atoms with Gasteiger partial charge in [-0.05, 0) is 66.9 Å². The largest absolute Gasteiger partial charge is 0.457 e. The molecule has 188 valence electrons. The van der Waals surface area contributed by atoms with Crippen molar-refractivity contribution in [2.75, 3.05) is 5.32 Å². The van der Waals surface area contributed by atoms with Gasteiger partial charge in [0.1, 0.15) is 17.6 Å². The molecule has 0 radical (unpaired) electrons. The minimum absolute atomic E-state index is 0.228. The number of anilines is 1. The van der Waals surface area contributed by atoms with Crippen molar-refractivity contribution in [1.82, 2.24) is 4.57 Å². The van der Waals surface area contributed by atoms with E-state index >= 15 is 0 Å². The first-order valence-corrected chi connectivity index (χ1v) is 13.8. The number of furan rings is 1. The van der Waals surface area contributed by atoms with Crippen LogP contribution in [0.25, 0.3) is 17.4 Å². The van der Waals surface area contributed by atoms with Crippen LogP contribution in [0.4, 0.5) is 5.69 Å². The van der Waals surface area contributed by atoms with E-state index in [-0.39, 0.29) is 11.5 Å². The molecule has 1 aliphatic heterocycles. The Kier molecular flexibility index (Phi) is 6.45. The Hall–Kier alpha value is -3.98. The predicted octanol–water partition coefficient (Wildman–Crippen LogP) is 5.85. The van der Waals surface area contributed by atoms with Gasteiger partial charge in [0.05, 0.1) is 15.8 Å². The van der Waals surface area contributed by atoms with E-state index in [1.807, 2.05) is 79.0 Å². The molecule has 5 aromatic rings. The Bertz CT molecular complexity index is 1850. The number of fused-ring (bicyclic) bond motifs is 1. The molecule has 1 N–H and O–H groups in total. The summed E-state index contributed by atoms with van der Waals surface area (Å²) in [6.07, 6.45) is 1.72. The number of para-hydroxylation sites is 1. The van der Waals surface area contributed by atoms with Crippen molar-refractivity contribution in [2.45, 2.75) is 13.0 Å². The quantitative estimate of drug-likeness (QED) is 0.294. The number of halogens is 1. The molecule has 6 nitrogen and oxygen atoms in total. The van der Waals surface area contributed by atoms with Crippen molar-refractivity contribution in [3.8, 4) is 11.3 Å². The van der Waals surface area contributed by atoms with Crippen molar-refractivity contribution >= 4 is 51.9 Å². The summed E-state index contributed by atoms with van der Waals surface area (Å²) in [5.41, 5.74) is 2.35. The third-order valence-corrected chi connectivity index (χ3v) is 8.30. The van der Waals surface area contributed by atoms with Gasteiger partial charge in [-0.3, -0.25) is 14.2 Å². The second kappa shape index (κ2) is 10.1. The summed E-state index contributed by atoms with van der Waals surface area (Å²) < 4.78 is 8.08. The number of rotatable bonds is 5. The first-order valence-electron chi connectivity index (χ1n) is 11.8. The molecule has 0 aliphatic carbocycles. The number of hydrogen-bond donors (Lipinski definition) is 1. The first kappa shape index (κ1) is 24.4. The van der Waals surface area contributed by atoms with E-state index < -0.39 is 6.04 Å². The highest BCUT2D eigenvalue weighted by Gasteiger charge is 2.33. The van der Waals surface area contributed by atoms with Crippen LogP contribution in [-0.4, -0.2) is 10.5 Å². The molecule has 38 heavy (non-hydrogen) atoms. The maximum absolute atomic E-state index is 13.7. The number of nitrogens with one attached hydrogen (secondary N) is 1. The van der Waals surface area contributed by atoms with Crippen molar-refractivity contribution in [3.63, 3.8) is 0 Å². The fraction of sp³-hybridized carbons (Fsp3) is 0.0690. The third kappa shape index (κ3) is 4.58. The fourth-order valence-electron chi connectivity index (χ4n) is 4.38. The number of thiophene rings is 1. The lowest BCUT2D eigenvalue weighted by Crippen LogP contribution is -2.40. The number of hydrogen-bond acceptors (Lipinski definition) is 6. The van der Waals surface area contributed by atoms with E-state index in [0.717, 1.165) is 10.4 Å². The normalized spacial score (nSPS) is 15.3. The molecule has 1 unspecified atom stereocenters. The molecular weight excluding hydrogens is 538 g/mol. The molecule has 3 aromatic heterocycles. The number of aromatic nitrogens is 1.